The van der Waals surface area contributed by atoms with Gasteiger partial charge < -0.3 is 15.6 Å². The maximum Gasteiger partial charge on any atom is 0.120 e. The van der Waals surface area contributed by atoms with Crippen LogP contribution in [0.2, 0.25) is 0 Å². The SMILES string of the molecule is CN(CCO)C(CN)c1cccc(OCc2ccccc2)c1. The molecule has 0 aliphatic heterocycles. The van der Waals surface area contributed by atoms with Crippen LogP contribution in [0.15, 0.2) is 54.6 Å². The number of nitrogens with zero attached hydrogens (tertiary/aromatic N) is 1. The number of benzene rings is 2. The standard InChI is InChI=1S/C18H24N2O2/c1-20(10-11-21)18(13-19)16-8-5-9-17(12-16)22-14-15-6-3-2-4-7-15/h2-9,12,18,21H,10-11,13-14,19H2,1H3. The minimum atomic E-state index is 0.0763. The number of hydrogen-bond acceptors (Lipinski definition) is 4. The lowest BCUT2D eigenvalue weighted by atomic mass is 10.1. The summed E-state index contributed by atoms with van der Waals surface area (Å²) in [6, 6.07) is 18.2. The van der Waals surface area contributed by atoms with Crippen LogP contribution in [0.1, 0.15) is 17.2 Å². The van der Waals surface area contributed by atoms with Crippen molar-refractivity contribution in [1.82, 2.24) is 4.90 Å². The van der Waals surface area contributed by atoms with Crippen molar-refractivity contribution >= 4 is 0 Å². The molecule has 4 heteroatoms. The third-order valence-electron chi connectivity index (χ3n) is 3.70. The second-order valence-electron chi connectivity index (χ2n) is 5.30. The Labute approximate surface area is 132 Å². The predicted molar refractivity (Wildman–Crippen MR) is 88.7 cm³/mol. The minimum absolute atomic E-state index is 0.0763. The molecule has 2 aromatic carbocycles. The zero-order valence-electron chi connectivity index (χ0n) is 13.0. The Kier molecular flexibility index (Phi) is 6.40. The molecule has 0 saturated carbocycles. The topological polar surface area (TPSA) is 58.7 Å². The van der Waals surface area contributed by atoms with Gasteiger partial charge >= 0.3 is 0 Å². The summed E-state index contributed by atoms with van der Waals surface area (Å²) in [4.78, 5) is 2.05. The molecular weight excluding hydrogens is 276 g/mol. The third-order valence-corrected chi connectivity index (χ3v) is 3.70. The summed E-state index contributed by atoms with van der Waals surface area (Å²) in [5.41, 5.74) is 8.13. The van der Waals surface area contributed by atoms with Crippen LogP contribution in [0.4, 0.5) is 0 Å². The molecule has 0 radical (unpaired) electrons. The summed E-state index contributed by atoms with van der Waals surface area (Å²) in [5, 5.41) is 9.09. The smallest absolute Gasteiger partial charge is 0.120 e. The first-order chi connectivity index (χ1) is 10.7. The highest BCUT2D eigenvalue weighted by Gasteiger charge is 2.15. The van der Waals surface area contributed by atoms with Crippen LogP contribution in [-0.2, 0) is 6.61 Å². The van der Waals surface area contributed by atoms with Crippen LogP contribution in [0, 0.1) is 0 Å². The van der Waals surface area contributed by atoms with Gasteiger partial charge in [-0.25, -0.2) is 0 Å². The van der Waals surface area contributed by atoms with Gasteiger partial charge in [-0.1, -0.05) is 42.5 Å². The molecule has 0 spiro atoms. The van der Waals surface area contributed by atoms with Crippen molar-refractivity contribution < 1.29 is 9.84 Å². The van der Waals surface area contributed by atoms with Crippen molar-refractivity contribution in [2.45, 2.75) is 12.6 Å². The largest absolute Gasteiger partial charge is 0.489 e. The van der Waals surface area contributed by atoms with E-state index in [0.29, 0.717) is 19.7 Å². The van der Waals surface area contributed by atoms with E-state index in [1.165, 1.54) is 0 Å². The molecule has 0 aliphatic carbocycles. The summed E-state index contributed by atoms with van der Waals surface area (Å²) in [7, 11) is 1.96. The zero-order chi connectivity index (χ0) is 15.8. The monoisotopic (exact) mass is 300 g/mol. The molecule has 118 valence electrons. The summed E-state index contributed by atoms with van der Waals surface area (Å²) in [6.07, 6.45) is 0. The van der Waals surface area contributed by atoms with E-state index in [-0.39, 0.29) is 12.6 Å². The molecular formula is C18H24N2O2. The molecule has 2 rings (SSSR count). The van der Waals surface area contributed by atoms with Gasteiger partial charge in [0.2, 0.25) is 0 Å². The van der Waals surface area contributed by atoms with Gasteiger partial charge in [-0.3, -0.25) is 4.90 Å². The summed E-state index contributed by atoms with van der Waals surface area (Å²) >= 11 is 0. The molecule has 0 amide bonds. The van der Waals surface area contributed by atoms with E-state index in [0.717, 1.165) is 16.9 Å². The predicted octanol–water partition coefficient (Wildman–Crippen LogP) is 2.19. The number of likely N-dealkylation sites (N-methyl/N-ethyl adjacent to an activating group) is 1. The highest BCUT2D eigenvalue weighted by Crippen LogP contribution is 2.23. The van der Waals surface area contributed by atoms with E-state index >= 15 is 0 Å². The number of hydrogen-bond donors (Lipinski definition) is 2. The summed E-state index contributed by atoms with van der Waals surface area (Å²) in [6.45, 7) is 1.76. The highest BCUT2D eigenvalue weighted by molar-refractivity contribution is 5.31. The van der Waals surface area contributed by atoms with Crippen LogP contribution >= 0.6 is 0 Å². The van der Waals surface area contributed by atoms with Gasteiger partial charge in [0.25, 0.3) is 0 Å². The molecule has 1 atom stereocenters. The first kappa shape index (κ1) is 16.5. The fourth-order valence-electron chi connectivity index (χ4n) is 2.44. The molecule has 3 N–H and O–H groups in total. The number of aliphatic hydroxyl groups excluding tert-OH is 1. The Morgan fingerprint density at radius 3 is 2.59 bits per heavy atom. The van der Waals surface area contributed by atoms with Gasteiger partial charge in [0, 0.05) is 19.1 Å². The molecule has 0 aromatic heterocycles. The Hall–Kier alpha value is -1.88. The zero-order valence-corrected chi connectivity index (χ0v) is 13.0. The quantitative estimate of drug-likeness (QED) is 0.784. The lowest BCUT2D eigenvalue weighted by Gasteiger charge is -2.26. The number of ether oxygens (including phenoxy) is 1. The number of aliphatic hydroxyl groups is 1. The molecule has 0 aliphatic rings. The van der Waals surface area contributed by atoms with Gasteiger partial charge in [0.15, 0.2) is 0 Å². The third kappa shape index (κ3) is 4.56. The molecule has 4 nitrogen and oxygen atoms in total. The Balaban J connectivity index is 2.05. The van der Waals surface area contributed by atoms with E-state index in [4.69, 9.17) is 15.6 Å². The van der Waals surface area contributed by atoms with E-state index in [1.54, 1.807) is 0 Å². The average Bonchev–Trinajstić information content (AvgIpc) is 2.55. The number of rotatable bonds is 8. The minimum Gasteiger partial charge on any atom is -0.489 e. The van der Waals surface area contributed by atoms with E-state index in [1.807, 2.05) is 61.6 Å². The van der Waals surface area contributed by atoms with Crippen molar-refractivity contribution in [3.05, 3.63) is 65.7 Å². The maximum atomic E-state index is 9.09. The summed E-state index contributed by atoms with van der Waals surface area (Å²) < 4.78 is 5.86. The summed E-state index contributed by atoms with van der Waals surface area (Å²) in [5.74, 6) is 0.831. The first-order valence-electron chi connectivity index (χ1n) is 7.52. The first-order valence-corrected chi connectivity index (χ1v) is 7.52. The van der Waals surface area contributed by atoms with Crippen LogP contribution in [0.25, 0.3) is 0 Å². The van der Waals surface area contributed by atoms with Crippen LogP contribution < -0.4 is 10.5 Å². The molecule has 0 saturated heterocycles. The highest BCUT2D eigenvalue weighted by atomic mass is 16.5. The van der Waals surface area contributed by atoms with Crippen molar-refractivity contribution in [2.75, 3.05) is 26.7 Å². The van der Waals surface area contributed by atoms with Crippen LogP contribution in [0.3, 0.4) is 0 Å². The second-order valence-corrected chi connectivity index (χ2v) is 5.30. The van der Waals surface area contributed by atoms with Gasteiger partial charge in [-0.15, -0.1) is 0 Å². The maximum absolute atomic E-state index is 9.09. The fraction of sp³-hybridized carbons (Fsp3) is 0.333. The lowest BCUT2D eigenvalue weighted by molar-refractivity contribution is 0.183. The number of nitrogens with two attached hydrogens (primary N) is 1. The lowest BCUT2D eigenvalue weighted by Crippen LogP contribution is -2.32. The van der Waals surface area contributed by atoms with Crippen molar-refractivity contribution in [3.8, 4) is 5.75 Å². The van der Waals surface area contributed by atoms with Crippen molar-refractivity contribution in [1.29, 1.82) is 0 Å². The second kappa shape index (κ2) is 8.54. The van der Waals surface area contributed by atoms with E-state index in [9.17, 15) is 0 Å². The molecule has 0 fully saturated rings. The normalized spacial score (nSPS) is 12.4. The average molecular weight is 300 g/mol. The molecule has 22 heavy (non-hydrogen) atoms. The fourth-order valence-corrected chi connectivity index (χ4v) is 2.44. The molecule has 1 unspecified atom stereocenters. The van der Waals surface area contributed by atoms with Gasteiger partial charge in [-0.05, 0) is 30.3 Å². The van der Waals surface area contributed by atoms with E-state index < -0.39 is 0 Å². The molecule has 0 bridgehead atoms. The van der Waals surface area contributed by atoms with Crippen LogP contribution in [0.5, 0.6) is 5.75 Å². The van der Waals surface area contributed by atoms with Crippen molar-refractivity contribution in [3.63, 3.8) is 0 Å². The van der Waals surface area contributed by atoms with Crippen LogP contribution in [-0.4, -0.2) is 36.8 Å². The molecule has 2 aromatic rings. The van der Waals surface area contributed by atoms with Gasteiger partial charge in [0.05, 0.1) is 6.61 Å². The van der Waals surface area contributed by atoms with E-state index in [2.05, 4.69) is 4.90 Å². The van der Waals surface area contributed by atoms with Crippen molar-refractivity contribution in [2.24, 2.45) is 5.73 Å². The molecule has 0 heterocycles. The Morgan fingerprint density at radius 2 is 1.91 bits per heavy atom. The Bertz CT molecular complexity index is 560. The van der Waals surface area contributed by atoms with Gasteiger partial charge in [-0.2, -0.15) is 0 Å². The van der Waals surface area contributed by atoms with Gasteiger partial charge in [0.1, 0.15) is 12.4 Å². The Morgan fingerprint density at radius 1 is 1.14 bits per heavy atom.